The molecular formula is C26H25N3O4S2. The van der Waals surface area contributed by atoms with Gasteiger partial charge in [0.05, 0.1) is 30.0 Å². The summed E-state index contributed by atoms with van der Waals surface area (Å²) in [6, 6.07) is 16.7. The molecule has 1 aliphatic carbocycles. The third kappa shape index (κ3) is 5.12. The lowest BCUT2D eigenvalue weighted by Crippen LogP contribution is -2.26. The Morgan fingerprint density at radius 2 is 1.94 bits per heavy atom. The smallest absolute Gasteiger partial charge is 0.263 e. The molecule has 0 saturated carbocycles. The van der Waals surface area contributed by atoms with E-state index in [0.29, 0.717) is 35.5 Å². The number of nitrogens with one attached hydrogen (secondary N) is 1. The highest BCUT2D eigenvalue weighted by atomic mass is 32.2. The highest BCUT2D eigenvalue weighted by Gasteiger charge is 2.23. The van der Waals surface area contributed by atoms with Gasteiger partial charge in [-0.05, 0) is 49.1 Å². The number of rotatable bonds is 9. The molecule has 35 heavy (non-hydrogen) atoms. The molecule has 5 rings (SSSR count). The maximum absolute atomic E-state index is 13.4. The van der Waals surface area contributed by atoms with Gasteiger partial charge in [0.25, 0.3) is 5.56 Å². The molecule has 1 N–H and O–H groups in total. The van der Waals surface area contributed by atoms with Gasteiger partial charge in [0.15, 0.2) is 10.9 Å². The molecule has 0 fully saturated rings. The molecule has 2 heterocycles. The van der Waals surface area contributed by atoms with Crippen LogP contribution in [-0.4, -0.2) is 34.9 Å². The van der Waals surface area contributed by atoms with Crippen molar-refractivity contribution in [2.24, 2.45) is 0 Å². The summed E-state index contributed by atoms with van der Waals surface area (Å²) < 4.78 is 12.8. The first-order valence-electron chi connectivity index (χ1n) is 11.4. The van der Waals surface area contributed by atoms with Crippen LogP contribution >= 0.6 is 23.1 Å². The van der Waals surface area contributed by atoms with E-state index < -0.39 is 0 Å². The molecule has 1 aliphatic rings. The van der Waals surface area contributed by atoms with E-state index in [-0.39, 0.29) is 17.2 Å². The van der Waals surface area contributed by atoms with Crippen LogP contribution in [0.4, 0.5) is 5.69 Å². The number of carbonyl (C=O) groups is 1. The minimum atomic E-state index is -0.208. The number of carbonyl (C=O) groups excluding carboxylic acids is 1. The van der Waals surface area contributed by atoms with Crippen LogP contribution in [0.3, 0.4) is 0 Å². The van der Waals surface area contributed by atoms with Gasteiger partial charge in [-0.2, -0.15) is 0 Å². The lowest BCUT2D eigenvalue weighted by atomic mass is 10.2. The van der Waals surface area contributed by atoms with E-state index in [2.05, 4.69) is 5.32 Å². The Hall–Kier alpha value is -3.14. The van der Waals surface area contributed by atoms with Crippen molar-refractivity contribution in [1.29, 1.82) is 0 Å². The van der Waals surface area contributed by atoms with Crippen molar-refractivity contribution >= 4 is 44.9 Å². The van der Waals surface area contributed by atoms with Crippen molar-refractivity contribution in [2.45, 2.75) is 31.0 Å². The number of methoxy groups -OCH3 is 1. The van der Waals surface area contributed by atoms with Gasteiger partial charge in [-0.1, -0.05) is 42.1 Å². The fourth-order valence-corrected chi connectivity index (χ4v) is 6.27. The standard InChI is InChI=1S/C26H25N3O4S2/c1-32-15-14-29-25(31)23-18-10-7-13-21(18)35-24(23)28-26(29)34-16-22(30)27-19-11-5-6-12-20(19)33-17-8-3-2-4-9-17/h2-6,8-9,11-12H,7,10,13-16H2,1H3,(H,27,30). The second-order valence-electron chi connectivity index (χ2n) is 8.13. The predicted octanol–water partition coefficient (Wildman–Crippen LogP) is 5.12. The van der Waals surface area contributed by atoms with Gasteiger partial charge in [0.2, 0.25) is 5.91 Å². The lowest BCUT2D eigenvalue weighted by molar-refractivity contribution is -0.113. The molecule has 0 bridgehead atoms. The maximum Gasteiger partial charge on any atom is 0.263 e. The van der Waals surface area contributed by atoms with Crippen LogP contribution in [0.15, 0.2) is 64.5 Å². The van der Waals surface area contributed by atoms with Crippen LogP contribution in [0.2, 0.25) is 0 Å². The molecule has 180 valence electrons. The number of hydrogen-bond acceptors (Lipinski definition) is 7. The van der Waals surface area contributed by atoms with Gasteiger partial charge in [0.1, 0.15) is 10.6 Å². The maximum atomic E-state index is 13.4. The van der Waals surface area contributed by atoms with Crippen LogP contribution < -0.4 is 15.6 Å². The summed E-state index contributed by atoms with van der Waals surface area (Å²) in [5.74, 6) is 1.14. The fourth-order valence-electron chi connectivity index (χ4n) is 4.14. The first-order chi connectivity index (χ1) is 17.1. The number of aromatic nitrogens is 2. The van der Waals surface area contributed by atoms with E-state index in [1.165, 1.54) is 16.6 Å². The Balaban J connectivity index is 1.34. The lowest BCUT2D eigenvalue weighted by Gasteiger charge is -2.13. The summed E-state index contributed by atoms with van der Waals surface area (Å²) >= 11 is 2.86. The van der Waals surface area contributed by atoms with Gasteiger partial charge in [-0.3, -0.25) is 14.2 Å². The molecule has 0 radical (unpaired) electrons. The second kappa shape index (κ2) is 10.6. The molecule has 0 saturated heterocycles. The van der Waals surface area contributed by atoms with Crippen molar-refractivity contribution in [3.63, 3.8) is 0 Å². The molecule has 7 nitrogen and oxygen atoms in total. The molecular weight excluding hydrogens is 482 g/mol. The van der Waals surface area contributed by atoms with Gasteiger partial charge in [0, 0.05) is 12.0 Å². The minimum Gasteiger partial charge on any atom is -0.455 e. The zero-order chi connectivity index (χ0) is 24.2. The zero-order valence-corrected chi connectivity index (χ0v) is 20.9. The molecule has 0 unspecified atom stereocenters. The average molecular weight is 508 g/mol. The first-order valence-corrected chi connectivity index (χ1v) is 13.2. The number of ether oxygens (including phenoxy) is 2. The Morgan fingerprint density at radius 1 is 1.14 bits per heavy atom. The number of nitrogens with zero attached hydrogens (tertiary/aromatic N) is 2. The Morgan fingerprint density at radius 3 is 2.77 bits per heavy atom. The molecule has 0 spiro atoms. The van der Waals surface area contributed by atoms with Gasteiger partial charge >= 0.3 is 0 Å². The quantitative estimate of drug-likeness (QED) is 0.250. The summed E-state index contributed by atoms with van der Waals surface area (Å²) in [6.07, 6.45) is 3.01. The van der Waals surface area contributed by atoms with Gasteiger partial charge in [-0.25, -0.2) is 4.98 Å². The summed E-state index contributed by atoms with van der Waals surface area (Å²) in [4.78, 5) is 33.0. The van der Waals surface area contributed by atoms with Crippen LogP contribution in [0.5, 0.6) is 11.5 Å². The molecule has 0 aliphatic heterocycles. The highest BCUT2D eigenvalue weighted by Crippen LogP contribution is 2.36. The summed E-state index contributed by atoms with van der Waals surface area (Å²) in [7, 11) is 1.61. The van der Waals surface area contributed by atoms with Crippen molar-refractivity contribution in [3.8, 4) is 11.5 Å². The number of benzene rings is 2. The van der Waals surface area contributed by atoms with E-state index in [1.807, 2.05) is 48.5 Å². The zero-order valence-electron chi connectivity index (χ0n) is 19.3. The van der Waals surface area contributed by atoms with E-state index in [4.69, 9.17) is 14.5 Å². The number of para-hydroxylation sites is 3. The molecule has 2 aromatic heterocycles. The van der Waals surface area contributed by atoms with Gasteiger partial charge in [-0.15, -0.1) is 11.3 Å². The monoisotopic (exact) mass is 507 g/mol. The Kier molecular flexibility index (Phi) is 7.17. The number of amides is 1. The van der Waals surface area contributed by atoms with Crippen LogP contribution in [0, 0.1) is 0 Å². The van der Waals surface area contributed by atoms with E-state index in [0.717, 1.165) is 35.0 Å². The molecule has 4 aromatic rings. The summed E-state index contributed by atoms with van der Waals surface area (Å²) in [6.45, 7) is 0.782. The normalized spacial score (nSPS) is 12.6. The topological polar surface area (TPSA) is 82.4 Å². The Bertz CT molecular complexity index is 1420. The van der Waals surface area contributed by atoms with Crippen LogP contribution in [0.25, 0.3) is 10.2 Å². The fraction of sp³-hybridized carbons (Fsp3) is 0.269. The average Bonchev–Trinajstić information content (AvgIpc) is 3.45. The highest BCUT2D eigenvalue weighted by molar-refractivity contribution is 7.99. The van der Waals surface area contributed by atoms with Crippen LogP contribution in [-0.2, 0) is 28.9 Å². The molecule has 9 heteroatoms. The van der Waals surface area contributed by atoms with E-state index >= 15 is 0 Å². The molecule has 2 aromatic carbocycles. The first kappa shape index (κ1) is 23.6. The number of anilines is 1. The Labute approximate surface area is 211 Å². The number of aryl methyl sites for hydroxylation is 2. The second-order valence-corrected chi connectivity index (χ2v) is 10.2. The van der Waals surface area contributed by atoms with E-state index in [9.17, 15) is 9.59 Å². The molecule has 1 amide bonds. The van der Waals surface area contributed by atoms with E-state index in [1.54, 1.807) is 29.1 Å². The summed E-state index contributed by atoms with van der Waals surface area (Å²) in [5, 5.41) is 4.19. The minimum absolute atomic E-state index is 0.0454. The number of hydrogen-bond donors (Lipinski definition) is 1. The third-order valence-corrected chi connectivity index (χ3v) is 7.94. The van der Waals surface area contributed by atoms with Crippen molar-refractivity contribution in [2.75, 3.05) is 24.8 Å². The van der Waals surface area contributed by atoms with Crippen molar-refractivity contribution in [3.05, 3.63) is 75.4 Å². The predicted molar refractivity (Wildman–Crippen MR) is 140 cm³/mol. The molecule has 0 atom stereocenters. The van der Waals surface area contributed by atoms with Crippen molar-refractivity contribution < 1.29 is 14.3 Å². The number of thiophene rings is 1. The van der Waals surface area contributed by atoms with Crippen LogP contribution in [0.1, 0.15) is 16.9 Å². The van der Waals surface area contributed by atoms with Gasteiger partial charge < -0.3 is 14.8 Å². The SMILES string of the molecule is COCCn1c(SCC(=O)Nc2ccccc2Oc2ccccc2)nc2sc3c(c2c1=O)CCC3. The van der Waals surface area contributed by atoms with Crippen molar-refractivity contribution in [1.82, 2.24) is 9.55 Å². The largest absolute Gasteiger partial charge is 0.455 e. The number of thioether (sulfide) groups is 1. The third-order valence-electron chi connectivity index (χ3n) is 5.77. The summed E-state index contributed by atoms with van der Waals surface area (Å²) in [5.41, 5.74) is 1.69. The number of fused-ring (bicyclic) bond motifs is 3.